The molecule has 2 bridgehead atoms. The van der Waals surface area contributed by atoms with Crippen LogP contribution in [0.1, 0.15) is 12.8 Å². The van der Waals surface area contributed by atoms with Crippen molar-refractivity contribution < 1.29 is 19.4 Å². The van der Waals surface area contributed by atoms with Crippen molar-refractivity contribution in [3.05, 3.63) is 12.2 Å². The minimum absolute atomic E-state index is 0.0660. The fourth-order valence-electron chi connectivity index (χ4n) is 2.68. The molecule has 0 aliphatic heterocycles. The van der Waals surface area contributed by atoms with Gasteiger partial charge in [0.1, 0.15) is 0 Å². The summed E-state index contributed by atoms with van der Waals surface area (Å²) in [5.41, 5.74) is 0. The fourth-order valence-corrected chi connectivity index (χ4v) is 2.68. The van der Waals surface area contributed by atoms with Crippen molar-refractivity contribution in [2.24, 2.45) is 17.8 Å². The van der Waals surface area contributed by atoms with Crippen molar-refractivity contribution >= 4 is 11.9 Å². The molecular weight excluding hydrogens is 222 g/mol. The van der Waals surface area contributed by atoms with E-state index >= 15 is 0 Å². The first-order valence-electron chi connectivity index (χ1n) is 5.83. The lowest BCUT2D eigenvalue weighted by Gasteiger charge is -2.20. The number of aliphatic hydroxyl groups excluding tert-OH is 1. The number of methoxy groups -OCH3 is 1. The molecule has 4 unspecified atom stereocenters. The summed E-state index contributed by atoms with van der Waals surface area (Å²) >= 11 is 0. The molecule has 17 heavy (non-hydrogen) atoms. The quantitative estimate of drug-likeness (QED) is 0.528. The van der Waals surface area contributed by atoms with Gasteiger partial charge in [0.25, 0.3) is 0 Å². The van der Waals surface area contributed by atoms with E-state index in [2.05, 4.69) is 22.2 Å². The number of aliphatic hydroxyl groups is 1. The number of rotatable bonds is 4. The van der Waals surface area contributed by atoms with Gasteiger partial charge < -0.3 is 15.2 Å². The highest BCUT2D eigenvalue weighted by Gasteiger charge is 2.40. The van der Waals surface area contributed by atoms with E-state index in [1.807, 2.05) is 0 Å². The number of hydrogen-bond acceptors (Lipinski definition) is 4. The van der Waals surface area contributed by atoms with Crippen LogP contribution in [-0.4, -0.2) is 36.7 Å². The molecule has 0 saturated heterocycles. The van der Waals surface area contributed by atoms with Crippen LogP contribution in [0, 0.1) is 17.8 Å². The second-order valence-electron chi connectivity index (χ2n) is 4.65. The first-order valence-corrected chi connectivity index (χ1v) is 5.83. The van der Waals surface area contributed by atoms with Crippen LogP contribution in [0.15, 0.2) is 12.2 Å². The second kappa shape index (κ2) is 4.87. The Morgan fingerprint density at radius 1 is 1.47 bits per heavy atom. The molecule has 2 aliphatic carbocycles. The molecule has 94 valence electrons. The highest BCUT2D eigenvalue weighted by atomic mass is 16.5. The van der Waals surface area contributed by atoms with Gasteiger partial charge in [-0.25, -0.2) is 4.79 Å². The van der Waals surface area contributed by atoms with Gasteiger partial charge in [0, 0.05) is 5.92 Å². The number of amides is 1. The third kappa shape index (κ3) is 2.34. The van der Waals surface area contributed by atoms with Gasteiger partial charge >= 0.3 is 5.97 Å². The maximum Gasteiger partial charge on any atom is 0.330 e. The number of esters is 1. The van der Waals surface area contributed by atoms with E-state index in [1.54, 1.807) is 0 Å². The predicted molar refractivity (Wildman–Crippen MR) is 59.9 cm³/mol. The van der Waals surface area contributed by atoms with Gasteiger partial charge in [0.2, 0.25) is 5.91 Å². The number of ether oxygens (including phenoxy) is 1. The molecule has 0 spiro atoms. The molecule has 2 rings (SSSR count). The number of hydrogen-bond donors (Lipinski definition) is 2. The molecule has 5 nitrogen and oxygen atoms in total. The Bertz CT molecular complexity index is 352. The Kier molecular flexibility index (Phi) is 3.47. The van der Waals surface area contributed by atoms with Crippen LogP contribution in [0.2, 0.25) is 0 Å². The van der Waals surface area contributed by atoms with Gasteiger partial charge in [-0.05, 0) is 24.7 Å². The van der Waals surface area contributed by atoms with Crippen LogP contribution in [0.25, 0.3) is 0 Å². The Balaban J connectivity index is 1.92. The summed E-state index contributed by atoms with van der Waals surface area (Å²) in [5.74, 6) is -0.0482. The maximum absolute atomic E-state index is 12.0. The minimum atomic E-state index is -0.949. The third-order valence-electron chi connectivity index (χ3n) is 3.60. The van der Waals surface area contributed by atoms with Crippen LogP contribution < -0.4 is 5.32 Å². The van der Waals surface area contributed by atoms with Crippen LogP contribution in [0.4, 0.5) is 0 Å². The molecule has 5 heteroatoms. The number of carbonyl (C=O) groups excluding carboxylic acids is 2. The van der Waals surface area contributed by atoms with Crippen LogP contribution in [-0.2, 0) is 14.3 Å². The lowest BCUT2D eigenvalue weighted by Crippen LogP contribution is -2.47. The number of fused-ring (bicyclic) bond motifs is 2. The zero-order valence-corrected chi connectivity index (χ0v) is 9.76. The van der Waals surface area contributed by atoms with E-state index in [0.717, 1.165) is 12.8 Å². The molecule has 1 amide bonds. The zero-order chi connectivity index (χ0) is 12.4. The van der Waals surface area contributed by atoms with Crippen molar-refractivity contribution in [2.45, 2.75) is 18.9 Å². The SMILES string of the molecule is COC(=O)C(CO)NC(=O)C1CC2C=CC1C2. The first kappa shape index (κ1) is 12.1. The summed E-state index contributed by atoms with van der Waals surface area (Å²) in [5, 5.41) is 11.6. The summed E-state index contributed by atoms with van der Waals surface area (Å²) in [7, 11) is 1.23. The van der Waals surface area contributed by atoms with Crippen LogP contribution >= 0.6 is 0 Å². The molecule has 0 aromatic rings. The van der Waals surface area contributed by atoms with E-state index in [1.165, 1.54) is 7.11 Å². The molecule has 0 aromatic carbocycles. The lowest BCUT2D eigenvalue weighted by molar-refractivity contribution is -0.146. The van der Waals surface area contributed by atoms with E-state index in [-0.39, 0.29) is 17.7 Å². The molecule has 1 fully saturated rings. The van der Waals surface area contributed by atoms with E-state index in [0.29, 0.717) is 5.92 Å². The summed E-state index contributed by atoms with van der Waals surface area (Å²) in [6, 6.07) is -0.949. The van der Waals surface area contributed by atoms with Gasteiger partial charge in [0.05, 0.1) is 13.7 Å². The summed E-state index contributed by atoms with van der Waals surface area (Å²) in [6.07, 6.45) is 6.09. The standard InChI is InChI=1S/C12H17NO4/c1-17-12(16)10(6-14)13-11(15)9-5-7-2-3-8(9)4-7/h2-3,7-10,14H,4-6H2,1H3,(H,13,15). The highest BCUT2D eigenvalue weighted by molar-refractivity contribution is 5.86. The summed E-state index contributed by atoms with van der Waals surface area (Å²) in [6.45, 7) is -0.435. The van der Waals surface area contributed by atoms with Gasteiger partial charge in [0.15, 0.2) is 6.04 Å². The highest BCUT2D eigenvalue weighted by Crippen LogP contribution is 2.43. The smallest absolute Gasteiger partial charge is 0.330 e. The molecule has 0 radical (unpaired) electrons. The Hall–Kier alpha value is -1.36. The third-order valence-corrected chi connectivity index (χ3v) is 3.60. The second-order valence-corrected chi connectivity index (χ2v) is 4.65. The number of carbonyl (C=O) groups is 2. The van der Waals surface area contributed by atoms with E-state index in [9.17, 15) is 9.59 Å². The van der Waals surface area contributed by atoms with Crippen molar-refractivity contribution in [1.29, 1.82) is 0 Å². The largest absolute Gasteiger partial charge is 0.467 e. The lowest BCUT2D eigenvalue weighted by atomic mass is 9.92. The van der Waals surface area contributed by atoms with Crippen molar-refractivity contribution in [3.63, 3.8) is 0 Å². The summed E-state index contributed by atoms with van der Waals surface area (Å²) in [4.78, 5) is 23.2. The molecule has 0 heterocycles. The zero-order valence-electron chi connectivity index (χ0n) is 9.76. The molecular formula is C12H17NO4. The maximum atomic E-state index is 12.0. The normalized spacial score (nSPS) is 31.3. The molecule has 0 aromatic heterocycles. The van der Waals surface area contributed by atoms with Crippen LogP contribution in [0.5, 0.6) is 0 Å². The first-order chi connectivity index (χ1) is 8.15. The average Bonchev–Trinajstić information content (AvgIpc) is 2.96. The minimum Gasteiger partial charge on any atom is -0.467 e. The number of allylic oxidation sites excluding steroid dienone is 2. The topological polar surface area (TPSA) is 75.6 Å². The fraction of sp³-hybridized carbons (Fsp3) is 0.667. The van der Waals surface area contributed by atoms with Crippen LogP contribution in [0.3, 0.4) is 0 Å². The van der Waals surface area contributed by atoms with Crippen molar-refractivity contribution in [1.82, 2.24) is 5.32 Å². The predicted octanol–water partition coefficient (Wildman–Crippen LogP) is -0.151. The Morgan fingerprint density at radius 3 is 2.71 bits per heavy atom. The van der Waals surface area contributed by atoms with Gasteiger partial charge in [-0.3, -0.25) is 4.79 Å². The van der Waals surface area contributed by atoms with Gasteiger partial charge in [-0.1, -0.05) is 12.2 Å². The van der Waals surface area contributed by atoms with E-state index < -0.39 is 18.6 Å². The molecule has 2 aliphatic rings. The van der Waals surface area contributed by atoms with Gasteiger partial charge in [-0.15, -0.1) is 0 Å². The monoisotopic (exact) mass is 239 g/mol. The Morgan fingerprint density at radius 2 is 2.24 bits per heavy atom. The Labute approximate surface area is 99.8 Å². The van der Waals surface area contributed by atoms with E-state index in [4.69, 9.17) is 5.11 Å². The average molecular weight is 239 g/mol. The molecule has 4 atom stereocenters. The van der Waals surface area contributed by atoms with Crippen molar-refractivity contribution in [3.8, 4) is 0 Å². The number of nitrogens with one attached hydrogen (secondary N) is 1. The molecule has 2 N–H and O–H groups in total. The van der Waals surface area contributed by atoms with Gasteiger partial charge in [-0.2, -0.15) is 0 Å². The van der Waals surface area contributed by atoms with Crippen molar-refractivity contribution in [2.75, 3.05) is 13.7 Å². The summed E-state index contributed by atoms with van der Waals surface area (Å²) < 4.78 is 4.50. The molecule has 1 saturated carbocycles.